The molecule has 3 aromatic rings. The number of carbonyl (C=O) groups excluding carboxylic acids is 1. The Balaban J connectivity index is 1.74. The number of para-hydroxylation sites is 1. The van der Waals surface area contributed by atoms with Crippen molar-refractivity contribution < 1.29 is 4.79 Å². The number of carbonyl (C=O) groups is 1. The largest absolute Gasteiger partial charge is 0.372 e. The van der Waals surface area contributed by atoms with Gasteiger partial charge in [-0.3, -0.25) is 4.79 Å². The van der Waals surface area contributed by atoms with Gasteiger partial charge in [-0.05, 0) is 73.9 Å². The average molecular weight is 514 g/mol. The predicted molar refractivity (Wildman–Crippen MR) is 147 cm³/mol. The maximum atomic E-state index is 13.5. The van der Waals surface area contributed by atoms with E-state index >= 15 is 0 Å². The standard InChI is InChI=1S/C29H28BrN3O/c1-4-32(5-2)25-18-11-22(12-19-25)13-20-27(23-14-16-24(30)17-15-23)28-21(3)31-33(29(28)34)26-9-7-6-8-10-26/h6-20H,4-5H2,1-3H3/b20-13-,28-27-. The lowest BCUT2D eigenvalue weighted by Gasteiger charge is -2.20. The Morgan fingerprint density at radius 3 is 2.21 bits per heavy atom. The van der Waals surface area contributed by atoms with Crippen LogP contribution in [0.3, 0.4) is 0 Å². The zero-order chi connectivity index (χ0) is 24.1. The molecule has 1 amide bonds. The Labute approximate surface area is 210 Å². The highest BCUT2D eigenvalue weighted by atomic mass is 79.9. The van der Waals surface area contributed by atoms with Crippen LogP contribution in [0.2, 0.25) is 0 Å². The van der Waals surface area contributed by atoms with Gasteiger partial charge in [0.05, 0.1) is 17.0 Å². The number of rotatable bonds is 7. The van der Waals surface area contributed by atoms with Crippen LogP contribution in [0, 0.1) is 0 Å². The Morgan fingerprint density at radius 1 is 0.941 bits per heavy atom. The smallest absolute Gasteiger partial charge is 0.281 e. The molecule has 0 radical (unpaired) electrons. The molecule has 172 valence electrons. The second-order valence-corrected chi connectivity index (χ2v) is 8.95. The molecular formula is C29H28BrN3O. The zero-order valence-electron chi connectivity index (χ0n) is 19.7. The first-order valence-electron chi connectivity index (χ1n) is 11.5. The summed E-state index contributed by atoms with van der Waals surface area (Å²) in [7, 11) is 0. The van der Waals surface area contributed by atoms with Gasteiger partial charge in [0.15, 0.2) is 0 Å². The third kappa shape index (κ3) is 5.05. The van der Waals surface area contributed by atoms with Gasteiger partial charge >= 0.3 is 0 Å². The summed E-state index contributed by atoms with van der Waals surface area (Å²) in [5.74, 6) is -0.122. The first-order valence-corrected chi connectivity index (χ1v) is 12.3. The second-order valence-electron chi connectivity index (χ2n) is 8.03. The minimum Gasteiger partial charge on any atom is -0.372 e. The third-order valence-electron chi connectivity index (χ3n) is 5.91. The molecule has 0 N–H and O–H groups in total. The van der Waals surface area contributed by atoms with Crippen LogP contribution in [-0.4, -0.2) is 24.7 Å². The van der Waals surface area contributed by atoms with Crippen molar-refractivity contribution in [2.45, 2.75) is 20.8 Å². The van der Waals surface area contributed by atoms with Crippen molar-refractivity contribution in [3.05, 3.63) is 106 Å². The van der Waals surface area contributed by atoms with Crippen LogP contribution >= 0.6 is 15.9 Å². The average Bonchev–Trinajstić information content (AvgIpc) is 3.16. The normalized spacial score (nSPS) is 15.1. The summed E-state index contributed by atoms with van der Waals surface area (Å²) in [5, 5.41) is 6.07. The lowest BCUT2D eigenvalue weighted by molar-refractivity contribution is -0.114. The Bertz CT molecular complexity index is 1240. The molecule has 0 bridgehead atoms. The molecule has 3 aromatic carbocycles. The fraction of sp³-hybridized carbons (Fsp3) is 0.172. The number of allylic oxidation sites excluding steroid dienone is 2. The highest BCUT2D eigenvalue weighted by Crippen LogP contribution is 2.31. The SMILES string of the molecule is CCN(CC)c1ccc(/C=C\C(=C2\C(=O)N(c3ccccc3)N=C2C)c2ccc(Br)cc2)cc1. The number of amides is 1. The third-order valence-corrected chi connectivity index (χ3v) is 6.44. The molecule has 0 atom stereocenters. The molecule has 0 aromatic heterocycles. The van der Waals surface area contributed by atoms with Gasteiger partial charge in [-0.25, -0.2) is 0 Å². The number of hydrogen-bond donors (Lipinski definition) is 0. The van der Waals surface area contributed by atoms with Gasteiger partial charge < -0.3 is 4.90 Å². The fourth-order valence-electron chi connectivity index (χ4n) is 4.08. The first-order chi connectivity index (χ1) is 16.5. The fourth-order valence-corrected chi connectivity index (χ4v) is 4.34. The van der Waals surface area contributed by atoms with Crippen molar-refractivity contribution in [1.29, 1.82) is 0 Å². The molecule has 0 saturated carbocycles. The second kappa shape index (κ2) is 10.7. The van der Waals surface area contributed by atoms with Crippen LogP contribution in [0.5, 0.6) is 0 Å². The Hall–Kier alpha value is -3.44. The summed E-state index contributed by atoms with van der Waals surface area (Å²) in [5.41, 5.74) is 6.17. The molecule has 0 spiro atoms. The summed E-state index contributed by atoms with van der Waals surface area (Å²) in [6, 6.07) is 26.1. The highest BCUT2D eigenvalue weighted by Gasteiger charge is 2.31. The van der Waals surface area contributed by atoms with Gasteiger partial charge in [-0.15, -0.1) is 0 Å². The molecular weight excluding hydrogens is 486 g/mol. The summed E-state index contributed by atoms with van der Waals surface area (Å²) in [6.45, 7) is 8.17. The highest BCUT2D eigenvalue weighted by molar-refractivity contribution is 9.10. The maximum Gasteiger partial charge on any atom is 0.281 e. The monoisotopic (exact) mass is 513 g/mol. The molecule has 0 saturated heterocycles. The van der Waals surface area contributed by atoms with Crippen molar-refractivity contribution in [1.82, 2.24) is 0 Å². The van der Waals surface area contributed by atoms with Gasteiger partial charge in [0.2, 0.25) is 0 Å². The minimum atomic E-state index is -0.122. The van der Waals surface area contributed by atoms with Crippen molar-refractivity contribution in [2.75, 3.05) is 23.0 Å². The van der Waals surface area contributed by atoms with Crippen LogP contribution in [0.1, 0.15) is 31.9 Å². The van der Waals surface area contributed by atoms with Crippen LogP contribution in [0.25, 0.3) is 11.6 Å². The van der Waals surface area contributed by atoms with Gasteiger partial charge in [0.1, 0.15) is 0 Å². The topological polar surface area (TPSA) is 35.9 Å². The maximum absolute atomic E-state index is 13.5. The van der Waals surface area contributed by atoms with E-state index in [4.69, 9.17) is 0 Å². The summed E-state index contributed by atoms with van der Waals surface area (Å²) < 4.78 is 0.991. The Morgan fingerprint density at radius 2 is 1.59 bits per heavy atom. The van der Waals surface area contributed by atoms with E-state index in [2.05, 4.69) is 70.1 Å². The van der Waals surface area contributed by atoms with E-state index in [-0.39, 0.29) is 5.91 Å². The van der Waals surface area contributed by atoms with Gasteiger partial charge in [0.25, 0.3) is 5.91 Å². The predicted octanol–water partition coefficient (Wildman–Crippen LogP) is 7.19. The first kappa shape index (κ1) is 23.7. The van der Waals surface area contributed by atoms with Crippen LogP contribution in [0.4, 0.5) is 11.4 Å². The number of halogens is 1. The molecule has 4 nitrogen and oxygen atoms in total. The quantitative estimate of drug-likeness (QED) is 0.313. The molecule has 34 heavy (non-hydrogen) atoms. The number of nitrogens with zero attached hydrogens (tertiary/aromatic N) is 3. The van der Waals surface area contributed by atoms with Gasteiger partial charge in [-0.2, -0.15) is 10.1 Å². The van der Waals surface area contributed by atoms with Gasteiger partial charge in [0, 0.05) is 23.2 Å². The van der Waals surface area contributed by atoms with Crippen molar-refractivity contribution in [2.24, 2.45) is 5.10 Å². The number of hydrogen-bond acceptors (Lipinski definition) is 3. The molecule has 5 heteroatoms. The summed E-state index contributed by atoms with van der Waals surface area (Å²) in [6.07, 6.45) is 4.08. The van der Waals surface area contributed by atoms with Crippen molar-refractivity contribution in [3.8, 4) is 0 Å². The number of anilines is 2. The zero-order valence-corrected chi connectivity index (χ0v) is 21.3. The van der Waals surface area contributed by atoms with Crippen molar-refractivity contribution >= 4 is 50.6 Å². The molecule has 0 fully saturated rings. The van der Waals surface area contributed by atoms with E-state index in [1.165, 1.54) is 10.7 Å². The van der Waals surface area contributed by atoms with Crippen LogP contribution in [-0.2, 0) is 4.79 Å². The van der Waals surface area contributed by atoms with E-state index in [9.17, 15) is 4.79 Å². The molecule has 0 unspecified atom stereocenters. The molecule has 1 aliphatic rings. The molecule has 1 heterocycles. The van der Waals surface area contributed by atoms with E-state index in [1.807, 2.05) is 67.6 Å². The molecule has 4 rings (SSSR count). The van der Waals surface area contributed by atoms with E-state index in [0.717, 1.165) is 39.9 Å². The summed E-state index contributed by atoms with van der Waals surface area (Å²) in [4.78, 5) is 15.8. The lowest BCUT2D eigenvalue weighted by Crippen LogP contribution is -2.22. The molecule has 0 aliphatic carbocycles. The lowest BCUT2D eigenvalue weighted by atomic mass is 9.96. The van der Waals surface area contributed by atoms with Crippen LogP contribution in [0.15, 0.2) is 100 Å². The van der Waals surface area contributed by atoms with E-state index in [0.29, 0.717) is 11.3 Å². The van der Waals surface area contributed by atoms with E-state index in [1.54, 1.807) is 0 Å². The Kier molecular flexibility index (Phi) is 7.43. The van der Waals surface area contributed by atoms with E-state index < -0.39 is 0 Å². The molecule has 1 aliphatic heterocycles. The number of benzene rings is 3. The van der Waals surface area contributed by atoms with Gasteiger partial charge in [-0.1, -0.05) is 70.5 Å². The van der Waals surface area contributed by atoms with Crippen molar-refractivity contribution in [3.63, 3.8) is 0 Å². The number of hydrazone groups is 1. The van der Waals surface area contributed by atoms with Crippen LogP contribution < -0.4 is 9.91 Å². The summed E-state index contributed by atoms with van der Waals surface area (Å²) >= 11 is 3.51. The minimum absolute atomic E-state index is 0.122.